The van der Waals surface area contributed by atoms with Crippen LogP contribution < -0.4 is 0 Å². The van der Waals surface area contributed by atoms with Crippen LogP contribution in [0.5, 0.6) is 0 Å². The van der Waals surface area contributed by atoms with Gasteiger partial charge in [-0.2, -0.15) is 0 Å². The molecule has 0 spiro atoms. The molecule has 1 heterocycles. The van der Waals surface area contributed by atoms with Crippen molar-refractivity contribution in [2.75, 3.05) is 0 Å². The Balaban J connectivity index is 2.26. The number of thiazole rings is 1. The highest BCUT2D eigenvalue weighted by Crippen LogP contribution is 2.27. The number of hydrogen-bond acceptors (Lipinski definition) is 2. The van der Waals surface area contributed by atoms with E-state index >= 15 is 0 Å². The van der Waals surface area contributed by atoms with Crippen LogP contribution in [-0.2, 0) is 0 Å². The Bertz CT molecular complexity index is 552. The van der Waals surface area contributed by atoms with Gasteiger partial charge in [0.15, 0.2) is 0 Å². The summed E-state index contributed by atoms with van der Waals surface area (Å²) < 4.78 is 2.65. The molecular weight excluding hydrogens is 341 g/mol. The standard InChI is InChI=1S/C14H16INS/c1-9(4-5-10(2)15)12-6-7-14-13(8-12)16-11(3)17-14/h5-9H,4H2,1-3H3/b10-5-. The van der Waals surface area contributed by atoms with Crippen molar-refractivity contribution in [1.82, 2.24) is 4.98 Å². The predicted molar refractivity (Wildman–Crippen MR) is 85.2 cm³/mol. The number of nitrogens with zero attached hydrogens (tertiary/aromatic N) is 1. The molecule has 1 atom stereocenters. The van der Waals surface area contributed by atoms with Gasteiger partial charge in [0.05, 0.1) is 15.2 Å². The van der Waals surface area contributed by atoms with Crippen LogP contribution in [0.2, 0.25) is 0 Å². The first-order chi connectivity index (χ1) is 8.06. The molecule has 3 heteroatoms. The van der Waals surface area contributed by atoms with E-state index in [0.717, 1.165) is 16.9 Å². The molecule has 0 aliphatic carbocycles. The highest BCUT2D eigenvalue weighted by atomic mass is 127. The maximum atomic E-state index is 4.55. The van der Waals surface area contributed by atoms with Crippen molar-refractivity contribution < 1.29 is 0 Å². The Hall–Kier alpha value is -0.420. The number of allylic oxidation sites excluding steroid dienone is 2. The van der Waals surface area contributed by atoms with E-state index in [4.69, 9.17) is 0 Å². The highest BCUT2D eigenvalue weighted by Gasteiger charge is 2.07. The third kappa shape index (κ3) is 3.28. The fourth-order valence-corrected chi connectivity index (χ4v) is 2.90. The van der Waals surface area contributed by atoms with Crippen molar-refractivity contribution in [1.29, 1.82) is 0 Å². The van der Waals surface area contributed by atoms with Crippen LogP contribution in [0.4, 0.5) is 0 Å². The lowest BCUT2D eigenvalue weighted by Gasteiger charge is -2.09. The predicted octanol–water partition coefficient (Wildman–Crippen LogP) is 5.44. The second kappa shape index (κ2) is 5.48. The van der Waals surface area contributed by atoms with Crippen LogP contribution in [0.15, 0.2) is 27.9 Å². The van der Waals surface area contributed by atoms with Crippen molar-refractivity contribution in [3.8, 4) is 0 Å². The Kier molecular flexibility index (Phi) is 4.20. The van der Waals surface area contributed by atoms with Crippen molar-refractivity contribution >= 4 is 44.1 Å². The molecule has 1 unspecified atom stereocenters. The van der Waals surface area contributed by atoms with Gasteiger partial charge in [-0.1, -0.05) is 19.1 Å². The van der Waals surface area contributed by atoms with Gasteiger partial charge in [0.25, 0.3) is 0 Å². The topological polar surface area (TPSA) is 12.9 Å². The number of rotatable bonds is 3. The number of aromatic nitrogens is 1. The number of aryl methyl sites for hydroxylation is 1. The fourth-order valence-electron chi connectivity index (χ4n) is 1.84. The average Bonchev–Trinajstić information content (AvgIpc) is 2.64. The maximum Gasteiger partial charge on any atom is 0.0907 e. The third-order valence-corrected chi connectivity index (χ3v) is 4.23. The Labute approximate surface area is 120 Å². The zero-order chi connectivity index (χ0) is 12.4. The minimum atomic E-state index is 0.561. The summed E-state index contributed by atoms with van der Waals surface area (Å²) in [6.07, 6.45) is 3.39. The molecule has 0 amide bonds. The lowest BCUT2D eigenvalue weighted by molar-refractivity contribution is 0.781. The highest BCUT2D eigenvalue weighted by molar-refractivity contribution is 14.1. The summed E-state index contributed by atoms with van der Waals surface area (Å²) in [4.78, 5) is 4.55. The van der Waals surface area contributed by atoms with E-state index in [1.165, 1.54) is 13.8 Å². The summed E-state index contributed by atoms with van der Waals surface area (Å²) in [5, 5.41) is 1.15. The number of fused-ring (bicyclic) bond motifs is 1. The molecule has 17 heavy (non-hydrogen) atoms. The normalized spacial score (nSPS) is 14.2. The molecule has 0 aliphatic rings. The van der Waals surface area contributed by atoms with E-state index in [2.05, 4.69) is 72.6 Å². The lowest BCUT2D eigenvalue weighted by Crippen LogP contribution is -1.91. The maximum absolute atomic E-state index is 4.55. The van der Waals surface area contributed by atoms with E-state index < -0.39 is 0 Å². The van der Waals surface area contributed by atoms with Gasteiger partial charge in [-0.15, -0.1) is 11.3 Å². The fraction of sp³-hybridized carbons (Fsp3) is 0.357. The zero-order valence-corrected chi connectivity index (χ0v) is 13.3. The Morgan fingerprint density at radius 2 is 2.29 bits per heavy atom. The first kappa shape index (κ1) is 13.0. The lowest BCUT2D eigenvalue weighted by atomic mass is 9.97. The molecule has 0 saturated carbocycles. The molecule has 0 radical (unpaired) electrons. The second-order valence-corrected chi connectivity index (χ2v) is 7.32. The van der Waals surface area contributed by atoms with Gasteiger partial charge in [-0.25, -0.2) is 4.98 Å². The van der Waals surface area contributed by atoms with Crippen LogP contribution in [0.1, 0.15) is 36.8 Å². The third-order valence-electron chi connectivity index (χ3n) is 2.84. The van der Waals surface area contributed by atoms with Gasteiger partial charge in [0.1, 0.15) is 0 Å². The Morgan fingerprint density at radius 1 is 1.53 bits per heavy atom. The number of halogens is 1. The minimum absolute atomic E-state index is 0.561. The van der Waals surface area contributed by atoms with E-state index in [1.54, 1.807) is 11.3 Å². The van der Waals surface area contributed by atoms with Crippen molar-refractivity contribution in [2.24, 2.45) is 0 Å². The zero-order valence-electron chi connectivity index (χ0n) is 10.3. The first-order valence-corrected chi connectivity index (χ1v) is 7.65. The molecule has 90 valence electrons. The largest absolute Gasteiger partial charge is 0.242 e. The summed E-state index contributed by atoms with van der Waals surface area (Å²) in [6.45, 7) is 6.48. The molecular formula is C14H16INS. The van der Waals surface area contributed by atoms with Crippen LogP contribution >= 0.6 is 33.9 Å². The van der Waals surface area contributed by atoms with Gasteiger partial charge >= 0.3 is 0 Å². The summed E-state index contributed by atoms with van der Waals surface area (Å²) >= 11 is 4.13. The number of benzene rings is 1. The molecule has 0 aliphatic heterocycles. The van der Waals surface area contributed by atoms with Crippen LogP contribution in [0.25, 0.3) is 10.2 Å². The summed E-state index contributed by atoms with van der Waals surface area (Å²) in [5.41, 5.74) is 2.53. The molecule has 0 bridgehead atoms. The van der Waals surface area contributed by atoms with E-state index in [1.807, 2.05) is 0 Å². The molecule has 0 saturated heterocycles. The van der Waals surface area contributed by atoms with Gasteiger partial charge in [-0.05, 0) is 70.1 Å². The summed E-state index contributed by atoms with van der Waals surface area (Å²) in [6, 6.07) is 6.67. The first-order valence-electron chi connectivity index (χ1n) is 5.75. The quantitative estimate of drug-likeness (QED) is 0.667. The van der Waals surface area contributed by atoms with Crippen molar-refractivity contribution in [3.05, 3.63) is 38.4 Å². The smallest absolute Gasteiger partial charge is 0.0907 e. The van der Waals surface area contributed by atoms with Gasteiger partial charge in [0.2, 0.25) is 0 Å². The van der Waals surface area contributed by atoms with Crippen LogP contribution in [0, 0.1) is 6.92 Å². The minimum Gasteiger partial charge on any atom is -0.242 e. The van der Waals surface area contributed by atoms with E-state index in [9.17, 15) is 0 Å². The number of hydrogen-bond donors (Lipinski definition) is 0. The van der Waals surface area contributed by atoms with Crippen molar-refractivity contribution in [3.63, 3.8) is 0 Å². The average molecular weight is 357 g/mol. The van der Waals surface area contributed by atoms with E-state index in [-0.39, 0.29) is 0 Å². The molecule has 0 fully saturated rings. The van der Waals surface area contributed by atoms with E-state index in [0.29, 0.717) is 5.92 Å². The van der Waals surface area contributed by atoms with Gasteiger partial charge < -0.3 is 0 Å². The van der Waals surface area contributed by atoms with Gasteiger partial charge in [-0.3, -0.25) is 0 Å². The molecule has 0 N–H and O–H groups in total. The molecule has 1 aromatic heterocycles. The molecule has 1 aromatic carbocycles. The monoisotopic (exact) mass is 357 g/mol. The SMILES string of the molecule is C/C(I)=C/CC(C)c1ccc2sc(C)nc2c1. The van der Waals surface area contributed by atoms with Gasteiger partial charge in [0, 0.05) is 0 Å². The van der Waals surface area contributed by atoms with Crippen LogP contribution in [0.3, 0.4) is 0 Å². The summed E-state index contributed by atoms with van der Waals surface area (Å²) in [5.74, 6) is 0.561. The Morgan fingerprint density at radius 3 is 3.00 bits per heavy atom. The van der Waals surface area contributed by atoms with Crippen LogP contribution in [-0.4, -0.2) is 4.98 Å². The summed E-state index contributed by atoms with van der Waals surface area (Å²) in [7, 11) is 0. The molecule has 2 rings (SSSR count). The second-order valence-electron chi connectivity index (χ2n) is 4.39. The molecule has 1 nitrogen and oxygen atoms in total. The van der Waals surface area contributed by atoms with Crippen molar-refractivity contribution in [2.45, 2.75) is 33.1 Å². The molecule has 2 aromatic rings.